The number of hydrogen-bond acceptors (Lipinski definition) is 5. The van der Waals surface area contributed by atoms with E-state index in [1.54, 1.807) is 26.0 Å². The van der Waals surface area contributed by atoms with Gasteiger partial charge in [-0.2, -0.15) is 0 Å². The molecule has 168 valence electrons. The molecule has 1 unspecified atom stereocenters. The summed E-state index contributed by atoms with van der Waals surface area (Å²) >= 11 is 18.5. The molecule has 0 radical (unpaired) electrons. The number of halogens is 4. The van der Waals surface area contributed by atoms with Gasteiger partial charge in [-0.15, -0.1) is 0 Å². The maximum Gasteiger partial charge on any atom is 0.336 e. The minimum absolute atomic E-state index is 0.0723. The van der Waals surface area contributed by atoms with Gasteiger partial charge in [-0.1, -0.05) is 53.0 Å². The molecule has 0 fully saturated rings. The summed E-state index contributed by atoms with van der Waals surface area (Å²) in [6.07, 6.45) is 1.52. The molecule has 0 saturated heterocycles. The van der Waals surface area contributed by atoms with Gasteiger partial charge in [0.1, 0.15) is 17.6 Å². The van der Waals surface area contributed by atoms with Crippen LogP contribution in [0.3, 0.4) is 0 Å². The first-order chi connectivity index (χ1) is 15.3. The van der Waals surface area contributed by atoms with Gasteiger partial charge >= 0.3 is 5.97 Å². The molecule has 5 nitrogen and oxygen atoms in total. The third-order valence-electron chi connectivity index (χ3n) is 4.73. The number of aliphatic imine (C=N–C) groups is 1. The molecule has 1 aliphatic rings. The number of allylic oxidation sites excluding steroid dienone is 2. The van der Waals surface area contributed by atoms with Crippen molar-refractivity contribution in [1.82, 2.24) is 5.48 Å². The molecule has 1 atom stereocenters. The molecule has 2 aromatic carbocycles. The van der Waals surface area contributed by atoms with E-state index in [0.717, 1.165) is 5.56 Å². The Balaban J connectivity index is 1.90. The van der Waals surface area contributed by atoms with Crippen LogP contribution < -0.4 is 5.48 Å². The maximum atomic E-state index is 13.2. The minimum Gasteiger partial charge on any atom is -0.463 e. The molecule has 0 bridgehead atoms. The van der Waals surface area contributed by atoms with E-state index in [2.05, 4.69) is 10.5 Å². The Morgan fingerprint density at radius 1 is 1.19 bits per heavy atom. The Labute approximate surface area is 200 Å². The lowest BCUT2D eigenvalue weighted by molar-refractivity contribution is -0.138. The molecular weight excluding hydrogens is 478 g/mol. The number of carbonyl (C=O) groups excluding carboxylic acids is 1. The number of hydrogen-bond donors (Lipinski definition) is 1. The number of esters is 1. The standard InChI is InChI=1S/C23H20Cl3FN2O3/c1-3-31-23(30)20-13(2)29-22(26)18(21(20)14-4-7-16(24)8-5-14)11-28-32-12-15-6-9-17(27)10-19(15)25/h4-11,21,28H,3,12H2,1-2H3. The van der Waals surface area contributed by atoms with Crippen molar-refractivity contribution < 1.29 is 18.8 Å². The smallest absolute Gasteiger partial charge is 0.336 e. The number of rotatable bonds is 7. The Hall–Kier alpha value is -2.38. The van der Waals surface area contributed by atoms with E-state index in [-0.39, 0.29) is 23.4 Å². The third-order valence-corrected chi connectivity index (χ3v) is 5.64. The summed E-state index contributed by atoms with van der Waals surface area (Å²) in [5.41, 5.74) is 5.43. The SMILES string of the molecule is CCOC(=O)C1=C(C)N=C(Cl)C(=CNOCc2ccc(F)cc2Cl)C1c1ccc(Cl)cc1. The van der Waals surface area contributed by atoms with Crippen molar-refractivity contribution in [1.29, 1.82) is 0 Å². The molecule has 2 aromatic rings. The molecule has 0 saturated carbocycles. The molecule has 0 aromatic heterocycles. The van der Waals surface area contributed by atoms with E-state index >= 15 is 0 Å². The van der Waals surface area contributed by atoms with Gasteiger partial charge in [0.25, 0.3) is 0 Å². The maximum absolute atomic E-state index is 13.2. The first-order valence-electron chi connectivity index (χ1n) is 9.71. The first-order valence-corrected chi connectivity index (χ1v) is 10.8. The van der Waals surface area contributed by atoms with Gasteiger partial charge in [-0.05, 0) is 49.2 Å². The van der Waals surface area contributed by atoms with Crippen molar-refractivity contribution in [2.24, 2.45) is 4.99 Å². The average Bonchev–Trinajstić information content (AvgIpc) is 2.74. The molecule has 1 aliphatic heterocycles. The van der Waals surface area contributed by atoms with Crippen LogP contribution in [0.2, 0.25) is 10.0 Å². The second-order valence-electron chi connectivity index (χ2n) is 6.85. The lowest BCUT2D eigenvalue weighted by Gasteiger charge is -2.27. The van der Waals surface area contributed by atoms with Crippen LogP contribution in [0, 0.1) is 5.82 Å². The highest BCUT2D eigenvalue weighted by atomic mass is 35.5. The summed E-state index contributed by atoms with van der Waals surface area (Å²) < 4.78 is 18.5. The largest absolute Gasteiger partial charge is 0.463 e. The van der Waals surface area contributed by atoms with Crippen molar-refractivity contribution >= 4 is 45.9 Å². The number of carbonyl (C=O) groups is 1. The Morgan fingerprint density at radius 3 is 2.56 bits per heavy atom. The van der Waals surface area contributed by atoms with Crippen LogP contribution in [0.5, 0.6) is 0 Å². The average molecular weight is 498 g/mol. The van der Waals surface area contributed by atoms with Crippen molar-refractivity contribution in [3.05, 3.63) is 92.5 Å². The zero-order valence-corrected chi connectivity index (χ0v) is 19.6. The fourth-order valence-electron chi connectivity index (χ4n) is 3.24. The normalized spacial score (nSPS) is 17.4. The van der Waals surface area contributed by atoms with Crippen LogP contribution in [0.1, 0.15) is 30.9 Å². The van der Waals surface area contributed by atoms with Crippen molar-refractivity contribution in [2.75, 3.05) is 6.61 Å². The second kappa shape index (κ2) is 11.0. The Kier molecular flexibility index (Phi) is 8.32. The lowest BCUT2D eigenvalue weighted by atomic mass is 9.82. The highest BCUT2D eigenvalue weighted by Gasteiger charge is 2.34. The predicted octanol–water partition coefficient (Wildman–Crippen LogP) is 6.31. The van der Waals surface area contributed by atoms with E-state index in [1.807, 2.05) is 12.1 Å². The molecule has 0 amide bonds. The second-order valence-corrected chi connectivity index (χ2v) is 8.05. The summed E-state index contributed by atoms with van der Waals surface area (Å²) in [7, 11) is 0. The number of benzene rings is 2. The van der Waals surface area contributed by atoms with E-state index in [0.29, 0.717) is 27.4 Å². The van der Waals surface area contributed by atoms with Crippen LogP contribution in [0.15, 0.2) is 70.5 Å². The molecule has 1 heterocycles. The summed E-state index contributed by atoms with van der Waals surface area (Å²) in [6.45, 7) is 3.73. The first kappa shape index (κ1) is 24.3. The Morgan fingerprint density at radius 2 is 1.91 bits per heavy atom. The van der Waals surface area contributed by atoms with Crippen molar-refractivity contribution in [3.63, 3.8) is 0 Å². The molecule has 32 heavy (non-hydrogen) atoms. The summed E-state index contributed by atoms with van der Waals surface area (Å²) in [4.78, 5) is 22.5. The van der Waals surface area contributed by atoms with Gasteiger partial charge in [-0.3, -0.25) is 10.3 Å². The fourth-order valence-corrected chi connectivity index (χ4v) is 3.88. The molecule has 0 spiro atoms. The summed E-state index contributed by atoms with van der Waals surface area (Å²) in [6, 6.07) is 11.1. The highest BCUT2D eigenvalue weighted by Crippen LogP contribution is 2.40. The molecule has 1 N–H and O–H groups in total. The van der Waals surface area contributed by atoms with Gasteiger partial charge in [0.05, 0.1) is 17.9 Å². The van der Waals surface area contributed by atoms with Crippen LogP contribution in [0.4, 0.5) is 4.39 Å². The van der Waals surface area contributed by atoms with Gasteiger partial charge in [0.2, 0.25) is 0 Å². The minimum atomic E-state index is -0.554. The van der Waals surface area contributed by atoms with Gasteiger partial charge < -0.3 is 4.74 Å². The van der Waals surface area contributed by atoms with Crippen molar-refractivity contribution in [2.45, 2.75) is 26.4 Å². The van der Waals surface area contributed by atoms with Crippen LogP contribution in [0.25, 0.3) is 0 Å². The van der Waals surface area contributed by atoms with Crippen LogP contribution in [-0.4, -0.2) is 17.7 Å². The summed E-state index contributed by atoms with van der Waals surface area (Å²) in [5.74, 6) is -1.47. The predicted molar refractivity (Wildman–Crippen MR) is 124 cm³/mol. The third kappa shape index (κ3) is 5.70. The van der Waals surface area contributed by atoms with E-state index in [4.69, 9.17) is 44.4 Å². The molecule has 3 rings (SSSR count). The van der Waals surface area contributed by atoms with Crippen molar-refractivity contribution in [3.8, 4) is 0 Å². The number of hydroxylamine groups is 1. The number of nitrogens with one attached hydrogen (secondary N) is 1. The zero-order chi connectivity index (χ0) is 23.3. The topological polar surface area (TPSA) is 59.9 Å². The summed E-state index contributed by atoms with van der Waals surface area (Å²) in [5, 5.41) is 1.01. The zero-order valence-electron chi connectivity index (χ0n) is 17.3. The van der Waals surface area contributed by atoms with Gasteiger partial charge in [-0.25, -0.2) is 14.2 Å². The fraction of sp³-hybridized carbons (Fsp3) is 0.217. The van der Waals surface area contributed by atoms with Gasteiger partial charge in [0.15, 0.2) is 0 Å². The van der Waals surface area contributed by atoms with E-state index in [1.165, 1.54) is 24.4 Å². The molecular formula is C23H20Cl3FN2O3. The quantitative estimate of drug-likeness (QED) is 0.277. The van der Waals surface area contributed by atoms with E-state index < -0.39 is 17.7 Å². The molecule has 9 heteroatoms. The van der Waals surface area contributed by atoms with Crippen LogP contribution >= 0.6 is 34.8 Å². The van der Waals surface area contributed by atoms with Crippen LogP contribution in [-0.2, 0) is 21.0 Å². The number of ether oxygens (including phenoxy) is 1. The highest BCUT2D eigenvalue weighted by molar-refractivity contribution is 6.70. The van der Waals surface area contributed by atoms with Gasteiger partial charge in [0, 0.05) is 27.7 Å². The number of nitrogens with zero attached hydrogens (tertiary/aromatic N) is 1. The molecule has 0 aliphatic carbocycles. The monoisotopic (exact) mass is 496 g/mol. The lowest BCUT2D eigenvalue weighted by Crippen LogP contribution is -2.25. The van der Waals surface area contributed by atoms with E-state index in [9.17, 15) is 9.18 Å². The Bertz CT molecular complexity index is 1100.